The third-order valence-corrected chi connectivity index (χ3v) is 3.67. The Morgan fingerprint density at radius 3 is 2.35 bits per heavy atom. The molecule has 1 aliphatic rings. The van der Waals surface area contributed by atoms with Crippen LogP contribution in [0, 0.1) is 11.3 Å². The van der Waals surface area contributed by atoms with E-state index >= 15 is 0 Å². The van der Waals surface area contributed by atoms with Crippen molar-refractivity contribution in [1.29, 1.82) is 0 Å². The molecule has 4 nitrogen and oxygen atoms in total. The van der Waals surface area contributed by atoms with Crippen LogP contribution in [0.15, 0.2) is 0 Å². The first kappa shape index (κ1) is 14.0. The Kier molecular flexibility index (Phi) is 4.97. The van der Waals surface area contributed by atoms with Crippen LogP contribution in [0.4, 0.5) is 0 Å². The van der Waals surface area contributed by atoms with Gasteiger partial charge in [0, 0.05) is 6.54 Å². The number of amides is 1. The zero-order chi connectivity index (χ0) is 12.9. The van der Waals surface area contributed by atoms with Gasteiger partial charge in [-0.2, -0.15) is 0 Å². The molecule has 1 amide bonds. The first-order chi connectivity index (χ1) is 7.94. The van der Waals surface area contributed by atoms with E-state index in [-0.39, 0.29) is 5.91 Å². The number of hydrogen-bond donors (Lipinski definition) is 2. The average molecular weight is 241 g/mol. The summed E-state index contributed by atoms with van der Waals surface area (Å²) in [6.45, 7) is 3.47. The molecule has 1 aliphatic carbocycles. The van der Waals surface area contributed by atoms with E-state index in [9.17, 15) is 9.59 Å². The first-order valence-corrected chi connectivity index (χ1v) is 6.46. The normalized spacial score (nSPS) is 17.8. The van der Waals surface area contributed by atoms with Gasteiger partial charge in [-0.15, -0.1) is 0 Å². The molecule has 1 saturated carbocycles. The van der Waals surface area contributed by atoms with Crippen molar-refractivity contribution in [3.63, 3.8) is 0 Å². The SMILES string of the molecule is CC(C)(C(=O)O)C(=O)NCCC1CCCCC1. The van der Waals surface area contributed by atoms with Crippen molar-refractivity contribution in [2.24, 2.45) is 11.3 Å². The molecule has 4 heteroatoms. The van der Waals surface area contributed by atoms with Crippen LogP contribution in [0.1, 0.15) is 52.4 Å². The Labute approximate surface area is 103 Å². The van der Waals surface area contributed by atoms with Gasteiger partial charge in [0.15, 0.2) is 0 Å². The van der Waals surface area contributed by atoms with Gasteiger partial charge in [0.2, 0.25) is 5.91 Å². The van der Waals surface area contributed by atoms with Crippen LogP contribution in [0.2, 0.25) is 0 Å². The number of nitrogens with one attached hydrogen (secondary N) is 1. The topological polar surface area (TPSA) is 66.4 Å². The van der Waals surface area contributed by atoms with Gasteiger partial charge >= 0.3 is 5.97 Å². The van der Waals surface area contributed by atoms with Crippen LogP contribution >= 0.6 is 0 Å². The highest BCUT2D eigenvalue weighted by molar-refractivity contribution is 6.00. The fourth-order valence-electron chi connectivity index (χ4n) is 2.18. The van der Waals surface area contributed by atoms with E-state index in [0.717, 1.165) is 6.42 Å². The van der Waals surface area contributed by atoms with E-state index in [1.807, 2.05) is 0 Å². The Morgan fingerprint density at radius 2 is 1.82 bits per heavy atom. The van der Waals surface area contributed by atoms with E-state index in [0.29, 0.717) is 12.5 Å². The predicted octanol–water partition coefficient (Wildman–Crippen LogP) is 2.18. The Hall–Kier alpha value is -1.06. The van der Waals surface area contributed by atoms with E-state index in [2.05, 4.69) is 5.32 Å². The zero-order valence-corrected chi connectivity index (χ0v) is 10.8. The van der Waals surface area contributed by atoms with Gasteiger partial charge in [0.25, 0.3) is 0 Å². The van der Waals surface area contributed by atoms with Crippen LogP contribution in [-0.4, -0.2) is 23.5 Å². The highest BCUT2D eigenvalue weighted by Gasteiger charge is 2.35. The highest BCUT2D eigenvalue weighted by atomic mass is 16.4. The summed E-state index contributed by atoms with van der Waals surface area (Å²) in [5.74, 6) is -0.759. The lowest BCUT2D eigenvalue weighted by atomic mass is 9.87. The Balaban J connectivity index is 2.26. The summed E-state index contributed by atoms with van der Waals surface area (Å²) in [5.41, 5.74) is -1.33. The lowest BCUT2D eigenvalue weighted by molar-refractivity contribution is -0.153. The molecular formula is C13H23NO3. The summed E-state index contributed by atoms with van der Waals surface area (Å²) in [7, 11) is 0. The number of rotatable bonds is 5. The second kappa shape index (κ2) is 6.03. The van der Waals surface area contributed by atoms with Crippen LogP contribution in [0.25, 0.3) is 0 Å². The molecule has 0 aromatic carbocycles. The van der Waals surface area contributed by atoms with Crippen molar-refractivity contribution in [2.75, 3.05) is 6.54 Å². The number of carboxylic acids is 1. The predicted molar refractivity (Wildman–Crippen MR) is 65.6 cm³/mol. The van der Waals surface area contributed by atoms with Gasteiger partial charge < -0.3 is 10.4 Å². The molecule has 1 rings (SSSR count). The molecule has 0 aliphatic heterocycles. The second-order valence-corrected chi connectivity index (χ2v) is 5.48. The van der Waals surface area contributed by atoms with Crippen molar-refractivity contribution >= 4 is 11.9 Å². The molecule has 0 radical (unpaired) electrons. The van der Waals surface area contributed by atoms with Crippen LogP contribution in [-0.2, 0) is 9.59 Å². The molecule has 0 bridgehead atoms. The van der Waals surface area contributed by atoms with Crippen molar-refractivity contribution in [2.45, 2.75) is 52.4 Å². The summed E-state index contributed by atoms with van der Waals surface area (Å²) in [6, 6.07) is 0. The Morgan fingerprint density at radius 1 is 1.24 bits per heavy atom. The molecule has 17 heavy (non-hydrogen) atoms. The zero-order valence-electron chi connectivity index (χ0n) is 10.8. The number of aliphatic carboxylic acids is 1. The van der Waals surface area contributed by atoms with Crippen LogP contribution < -0.4 is 5.32 Å². The lowest BCUT2D eigenvalue weighted by Crippen LogP contribution is -2.42. The molecule has 0 heterocycles. The van der Waals surface area contributed by atoms with Gasteiger partial charge in [0.1, 0.15) is 5.41 Å². The second-order valence-electron chi connectivity index (χ2n) is 5.48. The largest absolute Gasteiger partial charge is 0.480 e. The third kappa shape index (κ3) is 4.02. The molecule has 0 aromatic rings. The molecule has 1 fully saturated rings. The fraction of sp³-hybridized carbons (Fsp3) is 0.846. The standard InChI is InChI=1S/C13H23NO3/c1-13(2,12(16)17)11(15)14-9-8-10-6-4-3-5-7-10/h10H,3-9H2,1-2H3,(H,14,15)(H,16,17). The summed E-state index contributed by atoms with van der Waals surface area (Å²) in [6.07, 6.45) is 7.38. The summed E-state index contributed by atoms with van der Waals surface area (Å²) in [5, 5.41) is 11.6. The van der Waals surface area contributed by atoms with Gasteiger partial charge in [-0.25, -0.2) is 0 Å². The fourth-order valence-corrected chi connectivity index (χ4v) is 2.18. The number of hydrogen-bond acceptors (Lipinski definition) is 2. The van der Waals surface area contributed by atoms with E-state index in [4.69, 9.17) is 5.11 Å². The molecule has 2 N–H and O–H groups in total. The van der Waals surface area contributed by atoms with Gasteiger partial charge in [0.05, 0.1) is 0 Å². The van der Waals surface area contributed by atoms with Gasteiger partial charge in [-0.1, -0.05) is 32.1 Å². The lowest BCUT2D eigenvalue weighted by Gasteiger charge is -2.23. The summed E-state index contributed by atoms with van der Waals surface area (Å²) < 4.78 is 0. The Bertz CT molecular complexity index is 280. The average Bonchev–Trinajstić information content (AvgIpc) is 2.30. The molecule has 0 atom stereocenters. The minimum atomic E-state index is -1.33. The third-order valence-electron chi connectivity index (χ3n) is 3.67. The number of carboxylic acid groups (broad SMARTS) is 1. The summed E-state index contributed by atoms with van der Waals surface area (Å²) >= 11 is 0. The van der Waals surface area contributed by atoms with Crippen molar-refractivity contribution < 1.29 is 14.7 Å². The molecule has 0 unspecified atom stereocenters. The molecule has 0 aromatic heterocycles. The molecule has 0 spiro atoms. The minimum Gasteiger partial charge on any atom is -0.480 e. The maximum Gasteiger partial charge on any atom is 0.318 e. The quantitative estimate of drug-likeness (QED) is 0.725. The monoisotopic (exact) mass is 241 g/mol. The van der Waals surface area contributed by atoms with Gasteiger partial charge in [-0.3, -0.25) is 9.59 Å². The highest BCUT2D eigenvalue weighted by Crippen LogP contribution is 2.25. The van der Waals surface area contributed by atoms with Crippen molar-refractivity contribution in [3.05, 3.63) is 0 Å². The number of carbonyl (C=O) groups is 2. The minimum absolute atomic E-state index is 0.388. The van der Waals surface area contributed by atoms with E-state index < -0.39 is 11.4 Å². The summed E-state index contributed by atoms with van der Waals surface area (Å²) in [4.78, 5) is 22.5. The van der Waals surface area contributed by atoms with Crippen LogP contribution in [0.3, 0.4) is 0 Å². The first-order valence-electron chi connectivity index (χ1n) is 6.46. The molecule has 0 saturated heterocycles. The molecular weight excluding hydrogens is 218 g/mol. The maximum absolute atomic E-state index is 11.7. The van der Waals surface area contributed by atoms with Crippen LogP contribution in [0.5, 0.6) is 0 Å². The maximum atomic E-state index is 11.7. The molecule has 98 valence electrons. The number of carbonyl (C=O) groups excluding carboxylic acids is 1. The van der Waals surface area contributed by atoms with Crippen molar-refractivity contribution in [3.8, 4) is 0 Å². The van der Waals surface area contributed by atoms with Crippen molar-refractivity contribution in [1.82, 2.24) is 5.32 Å². The van der Waals surface area contributed by atoms with E-state index in [1.54, 1.807) is 0 Å². The van der Waals surface area contributed by atoms with E-state index in [1.165, 1.54) is 46.0 Å². The van der Waals surface area contributed by atoms with Gasteiger partial charge in [-0.05, 0) is 26.2 Å². The smallest absolute Gasteiger partial charge is 0.318 e.